The van der Waals surface area contributed by atoms with Gasteiger partial charge in [0.1, 0.15) is 25.0 Å². The van der Waals surface area contributed by atoms with E-state index in [2.05, 4.69) is 10.6 Å². The summed E-state index contributed by atoms with van der Waals surface area (Å²) >= 11 is 1.16. The van der Waals surface area contributed by atoms with Crippen LogP contribution in [0, 0.1) is 38.0 Å². The van der Waals surface area contributed by atoms with Crippen LogP contribution in [0.3, 0.4) is 0 Å². The molecule has 356 valence electrons. The molecule has 22 nitrogen and oxygen atoms in total. The molecule has 4 heterocycles. The van der Waals surface area contributed by atoms with Crippen molar-refractivity contribution in [2.24, 2.45) is 17.8 Å². The number of hydrogen-bond donors (Lipinski definition) is 5. The van der Waals surface area contributed by atoms with Crippen molar-refractivity contribution in [3.63, 3.8) is 0 Å². The number of aliphatic hydroxyl groups is 2. The maximum Gasteiger partial charge on any atom is 0.410 e. The van der Waals surface area contributed by atoms with Gasteiger partial charge in [0.2, 0.25) is 17.7 Å². The molecule has 6 rings (SSSR count). The molecule has 5 amide bonds. The zero-order chi connectivity index (χ0) is 48.1. The normalized spacial score (nSPS) is 23.7. The van der Waals surface area contributed by atoms with E-state index >= 15 is 0 Å². The Balaban J connectivity index is 1.08. The van der Waals surface area contributed by atoms with Gasteiger partial charge in [0.15, 0.2) is 0 Å². The van der Waals surface area contributed by atoms with E-state index in [4.69, 9.17) is 9.47 Å². The summed E-state index contributed by atoms with van der Waals surface area (Å²) < 4.78 is 10.9. The van der Waals surface area contributed by atoms with Crippen molar-refractivity contribution in [1.82, 2.24) is 25.3 Å². The van der Waals surface area contributed by atoms with Crippen molar-refractivity contribution in [2.45, 2.75) is 108 Å². The monoisotopic (exact) mass is 939 g/mol. The lowest BCUT2D eigenvalue weighted by molar-refractivity contribution is -0.385. The number of hydrogen-bond acceptors (Lipinski definition) is 15. The fourth-order valence-corrected chi connectivity index (χ4v) is 10.4. The predicted molar refractivity (Wildman–Crippen MR) is 233 cm³/mol. The molecule has 2 aromatic carbocycles. The minimum absolute atomic E-state index is 0.00174. The van der Waals surface area contributed by atoms with Gasteiger partial charge in [-0.2, -0.15) is 0 Å². The molecular weight excluding hydrogens is 887 g/mol. The molecule has 23 heteroatoms. The molecule has 0 bridgehead atoms. The maximum atomic E-state index is 14.3. The number of fused-ring (bicyclic) bond motifs is 1. The van der Waals surface area contributed by atoms with Crippen LogP contribution in [0.25, 0.3) is 0 Å². The van der Waals surface area contributed by atoms with Gasteiger partial charge in [-0.3, -0.25) is 39.5 Å². The van der Waals surface area contributed by atoms with Crippen LogP contribution in [0.2, 0.25) is 0 Å². The van der Waals surface area contributed by atoms with Crippen LogP contribution in [-0.4, -0.2) is 137 Å². The first-order chi connectivity index (χ1) is 31.2. The highest BCUT2D eigenvalue weighted by Crippen LogP contribution is 2.52. The van der Waals surface area contributed by atoms with E-state index in [0.717, 1.165) is 11.8 Å². The average molecular weight is 940 g/mol. The summed E-state index contributed by atoms with van der Waals surface area (Å²) in [6, 6.07) is 7.81. The van der Waals surface area contributed by atoms with Gasteiger partial charge in [0.25, 0.3) is 11.4 Å². The average Bonchev–Trinajstić information content (AvgIpc) is 3.97. The first-order valence-electron chi connectivity index (χ1n) is 21.5. The number of carboxylic acids is 1. The number of ether oxygens (including phenoxy) is 2. The number of nitrogens with zero attached hydrogens (tertiary/aromatic N) is 5. The fraction of sp³-hybridized carbons (Fsp3) is 0.535. The van der Waals surface area contributed by atoms with Gasteiger partial charge in [0.05, 0.1) is 46.5 Å². The number of non-ortho nitro benzene ring substituents is 2. The van der Waals surface area contributed by atoms with Crippen LogP contribution < -0.4 is 10.6 Å². The lowest BCUT2D eigenvalue weighted by Crippen LogP contribution is -2.63. The SMILES string of the molecule is CC(C)C[C@H](NC(=O)OCc1ccc([N+](=O)[O-])cc1)[C@@H](O)CC(=O)N[C@H]1CCN(C(=O)[C@@H]2C[C@H](SC3=C(C(=O)O)N4C(=O)[C@H]([C@@H](C)O)[C@H]4[C@H]3C)CN2C(=O)OCc2ccc([N+](=O)[O-])cc2)C1. The van der Waals surface area contributed by atoms with Gasteiger partial charge in [-0.05, 0) is 67.5 Å². The highest BCUT2D eigenvalue weighted by Gasteiger charge is 2.60. The van der Waals surface area contributed by atoms with Crippen molar-refractivity contribution in [3.05, 3.63) is 90.5 Å². The number of nitro groups is 2. The zero-order valence-electron chi connectivity index (χ0n) is 36.6. The van der Waals surface area contributed by atoms with Gasteiger partial charge in [-0.15, -0.1) is 11.8 Å². The van der Waals surface area contributed by atoms with Crippen LogP contribution in [0.5, 0.6) is 0 Å². The van der Waals surface area contributed by atoms with Gasteiger partial charge < -0.3 is 45.2 Å². The molecule has 66 heavy (non-hydrogen) atoms. The van der Waals surface area contributed by atoms with Crippen LogP contribution in [0.15, 0.2) is 59.1 Å². The number of thioether (sulfide) groups is 1. The number of rotatable bonds is 18. The van der Waals surface area contributed by atoms with Gasteiger partial charge in [-0.1, -0.05) is 20.8 Å². The molecule has 3 saturated heterocycles. The highest BCUT2D eigenvalue weighted by atomic mass is 32.2. The lowest BCUT2D eigenvalue weighted by Gasteiger charge is -2.46. The molecule has 0 saturated carbocycles. The Labute approximate surface area is 382 Å². The second kappa shape index (κ2) is 20.9. The molecule has 5 N–H and O–H groups in total. The highest BCUT2D eigenvalue weighted by molar-refractivity contribution is 8.03. The Bertz CT molecular complexity index is 2240. The van der Waals surface area contributed by atoms with Crippen molar-refractivity contribution in [3.8, 4) is 0 Å². The van der Waals surface area contributed by atoms with Crippen LogP contribution in [0.4, 0.5) is 21.0 Å². The van der Waals surface area contributed by atoms with Crippen molar-refractivity contribution in [1.29, 1.82) is 0 Å². The zero-order valence-corrected chi connectivity index (χ0v) is 37.5. The summed E-state index contributed by atoms with van der Waals surface area (Å²) in [5.41, 5.74) is 0.480. The quantitative estimate of drug-likeness (QED) is 0.0814. The fourth-order valence-electron chi connectivity index (χ4n) is 8.90. The molecule has 2 aromatic rings. The second-order valence-corrected chi connectivity index (χ2v) is 18.7. The Kier molecular flexibility index (Phi) is 15.5. The number of likely N-dealkylation sites (tertiary alicyclic amines) is 2. The molecule has 0 radical (unpaired) electrons. The molecular formula is C43H53N7O15S. The Morgan fingerprint density at radius 2 is 1.50 bits per heavy atom. The Hall–Kier alpha value is -6.33. The summed E-state index contributed by atoms with van der Waals surface area (Å²) in [6.07, 6.45) is -3.71. The number of carboxylic acid groups (broad SMARTS) is 1. The summed E-state index contributed by atoms with van der Waals surface area (Å²) in [7, 11) is 0. The number of carbonyl (C=O) groups is 6. The van der Waals surface area contributed by atoms with E-state index in [0.29, 0.717) is 28.9 Å². The number of β-lactam (4-membered cyclic amide) rings is 1. The van der Waals surface area contributed by atoms with Gasteiger partial charge in [-0.25, -0.2) is 14.4 Å². The van der Waals surface area contributed by atoms with E-state index < -0.39 is 106 Å². The first-order valence-corrected chi connectivity index (χ1v) is 22.4. The minimum Gasteiger partial charge on any atom is -0.477 e. The third kappa shape index (κ3) is 11.2. The second-order valence-electron chi connectivity index (χ2n) is 17.4. The topological polar surface area (TPSA) is 302 Å². The third-order valence-electron chi connectivity index (χ3n) is 12.2. The number of amides is 5. The van der Waals surface area contributed by atoms with E-state index in [1.54, 1.807) is 6.92 Å². The van der Waals surface area contributed by atoms with Crippen molar-refractivity contribution >= 4 is 59.0 Å². The summed E-state index contributed by atoms with van der Waals surface area (Å²) in [5.74, 6) is -4.05. The summed E-state index contributed by atoms with van der Waals surface area (Å²) in [6.45, 7) is 6.76. The van der Waals surface area contributed by atoms with Gasteiger partial charge >= 0.3 is 18.2 Å². The molecule has 4 aliphatic heterocycles. The van der Waals surface area contributed by atoms with E-state index in [1.807, 2.05) is 13.8 Å². The first kappa shape index (κ1) is 49.1. The molecule has 0 unspecified atom stereocenters. The standard InChI is InChI=1S/C43H53N7O15S/c1-22(2)15-31(45-42(58)64-20-25-5-9-28(10-6-25)49(60)61)33(52)17-34(53)44-27-13-14-46(18-27)39(54)32-16-30(19-47(32)43(59)65-21-26-7-11-29(12-8-26)50(62)63)66-38-23(3)36-35(24(4)51)40(55)48(36)37(38)41(56)57/h5-12,22-24,27,30-33,35-36,51-52H,13-21H2,1-4H3,(H,44,53)(H,45,58)(H,56,57)/t23-,24-,27+,30+,31+,32+,33+,35-,36-/m1/s1. The Morgan fingerprint density at radius 1 is 0.909 bits per heavy atom. The number of benzene rings is 2. The van der Waals surface area contributed by atoms with E-state index in [1.165, 1.54) is 70.2 Å². The number of nitro benzene ring substituents is 2. The summed E-state index contributed by atoms with van der Waals surface area (Å²) in [4.78, 5) is 105. The van der Waals surface area contributed by atoms with Crippen LogP contribution in [0.1, 0.15) is 64.5 Å². The number of nitrogens with one attached hydrogen (secondary N) is 2. The Morgan fingerprint density at radius 3 is 2.05 bits per heavy atom. The predicted octanol–water partition coefficient (Wildman–Crippen LogP) is 3.28. The molecule has 9 atom stereocenters. The molecule has 0 aliphatic carbocycles. The molecule has 3 fully saturated rings. The number of alkyl carbamates (subject to hydrolysis) is 1. The largest absolute Gasteiger partial charge is 0.477 e. The van der Waals surface area contributed by atoms with Gasteiger partial charge in [0, 0.05) is 66.0 Å². The summed E-state index contributed by atoms with van der Waals surface area (Å²) in [5, 5.41) is 58.6. The maximum absolute atomic E-state index is 14.3. The number of aliphatic carboxylic acids is 1. The van der Waals surface area contributed by atoms with Crippen LogP contribution in [-0.2, 0) is 41.9 Å². The van der Waals surface area contributed by atoms with Crippen LogP contribution >= 0.6 is 11.8 Å². The smallest absolute Gasteiger partial charge is 0.410 e. The van der Waals surface area contributed by atoms with Crippen molar-refractivity contribution < 1.29 is 63.4 Å². The third-order valence-corrected chi connectivity index (χ3v) is 13.7. The van der Waals surface area contributed by atoms with Crippen molar-refractivity contribution in [2.75, 3.05) is 19.6 Å². The minimum atomic E-state index is -1.32. The molecule has 0 spiro atoms. The molecule has 4 aliphatic rings. The number of aliphatic hydroxyl groups excluding tert-OH is 2. The van der Waals surface area contributed by atoms with E-state index in [-0.39, 0.29) is 62.3 Å². The van der Waals surface area contributed by atoms with E-state index in [9.17, 15) is 64.3 Å². The number of carbonyl (C=O) groups excluding carboxylic acids is 5. The lowest BCUT2D eigenvalue weighted by atomic mass is 9.79. The molecule has 0 aromatic heterocycles.